The Morgan fingerprint density at radius 3 is 2.45 bits per heavy atom. The number of piperidine rings is 1. The Kier molecular flexibility index (Phi) is 4.93. The summed E-state index contributed by atoms with van der Waals surface area (Å²) < 4.78 is 40.7. The SMILES string of the molecule is CC1CC(C)CN(C(=O)c2ccc(OCC(F)(F)F)nc2)C1. The molecule has 4 nitrogen and oxygen atoms in total. The minimum absolute atomic E-state index is 0.144. The standard InChI is InChI=1S/C15H19F3N2O2/c1-10-5-11(2)8-20(7-10)14(21)12-3-4-13(19-6-12)22-9-15(16,17)18/h3-4,6,10-11H,5,7-9H2,1-2H3. The van der Waals surface area contributed by atoms with Crippen LogP contribution in [0, 0.1) is 11.8 Å². The number of alkyl halides is 3. The monoisotopic (exact) mass is 316 g/mol. The molecule has 2 atom stereocenters. The van der Waals surface area contributed by atoms with Crippen molar-refractivity contribution in [3.63, 3.8) is 0 Å². The molecule has 1 fully saturated rings. The molecule has 0 spiro atoms. The summed E-state index contributed by atoms with van der Waals surface area (Å²) >= 11 is 0. The maximum Gasteiger partial charge on any atom is 0.422 e. The van der Waals surface area contributed by atoms with Crippen LogP contribution in [-0.2, 0) is 0 Å². The number of halogens is 3. The van der Waals surface area contributed by atoms with Gasteiger partial charge in [0.1, 0.15) is 0 Å². The highest BCUT2D eigenvalue weighted by Gasteiger charge is 2.29. The van der Waals surface area contributed by atoms with Crippen molar-refractivity contribution in [2.75, 3.05) is 19.7 Å². The highest BCUT2D eigenvalue weighted by molar-refractivity contribution is 5.94. The molecule has 122 valence electrons. The van der Waals surface area contributed by atoms with Gasteiger partial charge in [-0.25, -0.2) is 4.98 Å². The quantitative estimate of drug-likeness (QED) is 0.860. The second-order valence-corrected chi connectivity index (χ2v) is 5.95. The number of rotatable bonds is 3. The van der Waals surface area contributed by atoms with E-state index in [0.29, 0.717) is 30.5 Å². The molecule has 0 N–H and O–H groups in total. The highest BCUT2D eigenvalue weighted by atomic mass is 19.4. The maximum absolute atomic E-state index is 12.4. The normalized spacial score (nSPS) is 22.5. The van der Waals surface area contributed by atoms with Gasteiger partial charge in [0.2, 0.25) is 5.88 Å². The van der Waals surface area contributed by atoms with E-state index >= 15 is 0 Å². The van der Waals surface area contributed by atoms with Crippen LogP contribution in [0.4, 0.5) is 13.2 Å². The predicted molar refractivity (Wildman–Crippen MR) is 74.6 cm³/mol. The Morgan fingerprint density at radius 1 is 1.32 bits per heavy atom. The summed E-state index contributed by atoms with van der Waals surface area (Å²) in [4.78, 5) is 17.9. The van der Waals surface area contributed by atoms with Crippen molar-refractivity contribution in [3.8, 4) is 5.88 Å². The van der Waals surface area contributed by atoms with Gasteiger partial charge in [0.15, 0.2) is 6.61 Å². The largest absolute Gasteiger partial charge is 0.468 e. The molecular formula is C15H19F3N2O2. The third-order valence-electron chi connectivity index (χ3n) is 3.52. The molecule has 1 saturated heterocycles. The van der Waals surface area contributed by atoms with E-state index in [-0.39, 0.29) is 11.8 Å². The third-order valence-corrected chi connectivity index (χ3v) is 3.52. The lowest BCUT2D eigenvalue weighted by molar-refractivity contribution is -0.154. The van der Waals surface area contributed by atoms with Crippen LogP contribution in [0.1, 0.15) is 30.6 Å². The zero-order chi connectivity index (χ0) is 16.3. The Morgan fingerprint density at radius 2 is 1.95 bits per heavy atom. The van der Waals surface area contributed by atoms with E-state index in [0.717, 1.165) is 6.42 Å². The Hall–Kier alpha value is -1.79. The molecule has 0 bridgehead atoms. The van der Waals surface area contributed by atoms with Crippen LogP contribution in [0.5, 0.6) is 5.88 Å². The number of pyridine rings is 1. The Labute approximate surface area is 127 Å². The number of carbonyl (C=O) groups excluding carboxylic acids is 1. The molecule has 0 saturated carbocycles. The van der Waals surface area contributed by atoms with Crippen molar-refractivity contribution in [2.45, 2.75) is 26.4 Å². The van der Waals surface area contributed by atoms with Crippen molar-refractivity contribution < 1.29 is 22.7 Å². The summed E-state index contributed by atoms with van der Waals surface area (Å²) in [6, 6.07) is 2.74. The lowest BCUT2D eigenvalue weighted by Crippen LogP contribution is -2.42. The number of ether oxygens (including phenoxy) is 1. The van der Waals surface area contributed by atoms with Gasteiger partial charge in [0.25, 0.3) is 5.91 Å². The summed E-state index contributed by atoms with van der Waals surface area (Å²) in [6.07, 6.45) is -2.06. The average molecular weight is 316 g/mol. The molecule has 7 heteroatoms. The lowest BCUT2D eigenvalue weighted by atomic mass is 9.91. The van der Waals surface area contributed by atoms with Gasteiger partial charge in [-0.2, -0.15) is 13.2 Å². The van der Waals surface area contributed by atoms with E-state index in [4.69, 9.17) is 0 Å². The van der Waals surface area contributed by atoms with Gasteiger partial charge < -0.3 is 9.64 Å². The molecule has 0 aliphatic carbocycles. The molecule has 2 unspecified atom stereocenters. The highest BCUT2D eigenvalue weighted by Crippen LogP contribution is 2.23. The molecule has 1 aliphatic heterocycles. The van der Waals surface area contributed by atoms with E-state index in [2.05, 4.69) is 23.6 Å². The average Bonchev–Trinajstić information content (AvgIpc) is 2.43. The van der Waals surface area contributed by atoms with E-state index < -0.39 is 12.8 Å². The summed E-state index contributed by atoms with van der Waals surface area (Å²) in [5, 5.41) is 0. The molecule has 0 aromatic carbocycles. The summed E-state index contributed by atoms with van der Waals surface area (Å²) in [6.45, 7) is 4.18. The van der Waals surface area contributed by atoms with Crippen LogP contribution in [0.2, 0.25) is 0 Å². The Bertz CT molecular complexity index is 507. The molecule has 22 heavy (non-hydrogen) atoms. The number of amides is 1. The topological polar surface area (TPSA) is 42.4 Å². The number of carbonyl (C=O) groups is 1. The second kappa shape index (κ2) is 6.54. The minimum Gasteiger partial charge on any atom is -0.468 e. The second-order valence-electron chi connectivity index (χ2n) is 5.95. The van der Waals surface area contributed by atoms with Crippen LogP contribution in [0.15, 0.2) is 18.3 Å². The molecular weight excluding hydrogens is 297 g/mol. The van der Waals surface area contributed by atoms with Gasteiger partial charge in [-0.3, -0.25) is 4.79 Å². The lowest BCUT2D eigenvalue weighted by Gasteiger charge is -2.35. The van der Waals surface area contributed by atoms with Crippen molar-refractivity contribution in [1.29, 1.82) is 0 Å². The van der Waals surface area contributed by atoms with Crippen LogP contribution in [0.25, 0.3) is 0 Å². The van der Waals surface area contributed by atoms with Crippen molar-refractivity contribution in [3.05, 3.63) is 23.9 Å². The first kappa shape index (κ1) is 16.6. The maximum atomic E-state index is 12.4. The Balaban J connectivity index is 1.99. The number of hydrogen-bond acceptors (Lipinski definition) is 3. The van der Waals surface area contributed by atoms with Crippen LogP contribution >= 0.6 is 0 Å². The van der Waals surface area contributed by atoms with Crippen molar-refractivity contribution >= 4 is 5.91 Å². The molecule has 2 rings (SSSR count). The fraction of sp³-hybridized carbons (Fsp3) is 0.600. The molecule has 1 aromatic rings. The summed E-state index contributed by atoms with van der Waals surface area (Å²) in [5.74, 6) is 0.590. The van der Waals surface area contributed by atoms with Gasteiger partial charge in [-0.1, -0.05) is 13.8 Å². The molecule has 0 radical (unpaired) electrons. The smallest absolute Gasteiger partial charge is 0.422 e. The van der Waals surface area contributed by atoms with Gasteiger partial charge in [-0.15, -0.1) is 0 Å². The summed E-state index contributed by atoms with van der Waals surface area (Å²) in [7, 11) is 0. The van der Waals surface area contributed by atoms with Crippen molar-refractivity contribution in [1.82, 2.24) is 9.88 Å². The van der Waals surface area contributed by atoms with Gasteiger partial charge in [0.05, 0.1) is 5.56 Å². The van der Waals surface area contributed by atoms with Crippen LogP contribution in [-0.4, -0.2) is 41.7 Å². The van der Waals surface area contributed by atoms with Crippen LogP contribution in [0.3, 0.4) is 0 Å². The molecule has 1 aromatic heterocycles. The number of aromatic nitrogens is 1. The number of nitrogens with zero attached hydrogens (tertiary/aromatic N) is 2. The number of likely N-dealkylation sites (tertiary alicyclic amines) is 1. The third kappa shape index (κ3) is 4.61. The van der Waals surface area contributed by atoms with Gasteiger partial charge >= 0.3 is 6.18 Å². The molecule has 2 heterocycles. The van der Waals surface area contributed by atoms with E-state index in [9.17, 15) is 18.0 Å². The van der Waals surface area contributed by atoms with Crippen molar-refractivity contribution in [2.24, 2.45) is 11.8 Å². The zero-order valence-corrected chi connectivity index (χ0v) is 12.6. The van der Waals surface area contributed by atoms with E-state index in [1.165, 1.54) is 18.3 Å². The molecule has 1 amide bonds. The first-order chi connectivity index (χ1) is 10.2. The summed E-state index contributed by atoms with van der Waals surface area (Å²) in [5.41, 5.74) is 0.362. The van der Waals surface area contributed by atoms with Gasteiger partial charge in [0, 0.05) is 25.4 Å². The van der Waals surface area contributed by atoms with E-state index in [1.807, 2.05) is 0 Å². The first-order valence-corrected chi connectivity index (χ1v) is 7.19. The van der Waals surface area contributed by atoms with Gasteiger partial charge in [-0.05, 0) is 24.3 Å². The zero-order valence-electron chi connectivity index (χ0n) is 12.6. The van der Waals surface area contributed by atoms with Crippen LogP contribution < -0.4 is 4.74 Å². The fourth-order valence-electron chi connectivity index (χ4n) is 2.76. The number of hydrogen-bond donors (Lipinski definition) is 0. The fourth-order valence-corrected chi connectivity index (χ4v) is 2.76. The molecule has 1 aliphatic rings. The first-order valence-electron chi connectivity index (χ1n) is 7.19. The minimum atomic E-state index is -4.41. The predicted octanol–water partition coefficient (Wildman–Crippen LogP) is 3.14. The van der Waals surface area contributed by atoms with E-state index in [1.54, 1.807) is 4.90 Å².